The first-order chi connectivity index (χ1) is 9.60. The van der Waals surface area contributed by atoms with Gasteiger partial charge in [-0.25, -0.2) is 0 Å². The van der Waals surface area contributed by atoms with Crippen LogP contribution in [0.5, 0.6) is 5.75 Å². The van der Waals surface area contributed by atoms with Crippen LogP contribution >= 0.6 is 0 Å². The van der Waals surface area contributed by atoms with Gasteiger partial charge in [0.2, 0.25) is 5.89 Å². The van der Waals surface area contributed by atoms with Crippen molar-refractivity contribution in [1.82, 2.24) is 10.1 Å². The minimum Gasteiger partial charge on any atom is -0.493 e. The van der Waals surface area contributed by atoms with E-state index < -0.39 is 0 Å². The van der Waals surface area contributed by atoms with Crippen molar-refractivity contribution in [2.24, 2.45) is 5.73 Å². The van der Waals surface area contributed by atoms with Crippen molar-refractivity contribution in [3.63, 3.8) is 0 Å². The van der Waals surface area contributed by atoms with E-state index in [0.29, 0.717) is 24.9 Å². The first-order valence-electron chi connectivity index (χ1n) is 6.85. The maximum atomic E-state index is 5.77. The van der Waals surface area contributed by atoms with E-state index in [1.54, 1.807) is 0 Å². The molecule has 5 heteroatoms. The highest BCUT2D eigenvalue weighted by molar-refractivity contribution is 5.36. The van der Waals surface area contributed by atoms with E-state index in [-0.39, 0.29) is 11.3 Å². The summed E-state index contributed by atoms with van der Waals surface area (Å²) in [6.45, 7) is 5.05. The van der Waals surface area contributed by atoms with Gasteiger partial charge in [0, 0.05) is 6.54 Å². The average Bonchev–Trinajstić information content (AvgIpc) is 2.97. The maximum absolute atomic E-state index is 5.77. The average molecular weight is 273 g/mol. The number of nitrogens with zero attached hydrogens (tertiary/aromatic N) is 2. The molecule has 0 bridgehead atoms. The summed E-state index contributed by atoms with van der Waals surface area (Å²) in [6.07, 6.45) is 0.873. The van der Waals surface area contributed by atoms with Gasteiger partial charge in [-0.2, -0.15) is 4.98 Å². The molecule has 1 aromatic carbocycles. The Kier molecular flexibility index (Phi) is 3.22. The van der Waals surface area contributed by atoms with Crippen LogP contribution in [0.1, 0.15) is 37.0 Å². The van der Waals surface area contributed by atoms with Gasteiger partial charge in [-0.1, -0.05) is 23.4 Å². The molecule has 5 nitrogen and oxygen atoms in total. The van der Waals surface area contributed by atoms with E-state index in [9.17, 15) is 0 Å². The molecule has 0 amide bonds. The molecule has 0 radical (unpaired) electrons. The summed E-state index contributed by atoms with van der Waals surface area (Å²) in [5.41, 5.74) is 6.63. The van der Waals surface area contributed by atoms with Gasteiger partial charge in [-0.15, -0.1) is 0 Å². The molecule has 0 spiro atoms. The second kappa shape index (κ2) is 4.90. The Bertz CT molecular complexity index is 607. The molecule has 0 saturated carbocycles. The molecule has 2 aromatic rings. The number of aromatic nitrogens is 2. The highest BCUT2D eigenvalue weighted by atomic mass is 16.5. The van der Waals surface area contributed by atoms with Gasteiger partial charge in [0.05, 0.1) is 17.9 Å². The molecule has 3 rings (SSSR count). The van der Waals surface area contributed by atoms with Crippen molar-refractivity contribution in [3.8, 4) is 5.75 Å². The van der Waals surface area contributed by atoms with Crippen LogP contribution in [0, 0.1) is 0 Å². The standard InChI is InChI=1S/C15H19N3O2/c1-15(2,9-16)14-17-13(18-20-14)11-7-10-5-3-4-6-12(10)19-8-11/h3-6,11H,7-9,16H2,1-2H3. The lowest BCUT2D eigenvalue weighted by atomic mass is 9.93. The second-order valence-electron chi connectivity index (χ2n) is 5.87. The van der Waals surface area contributed by atoms with Crippen LogP contribution in [0.4, 0.5) is 0 Å². The van der Waals surface area contributed by atoms with Crippen molar-refractivity contribution in [3.05, 3.63) is 41.5 Å². The molecular formula is C15H19N3O2. The van der Waals surface area contributed by atoms with E-state index in [4.69, 9.17) is 15.0 Å². The van der Waals surface area contributed by atoms with Crippen molar-refractivity contribution < 1.29 is 9.26 Å². The van der Waals surface area contributed by atoms with Crippen molar-refractivity contribution in [1.29, 1.82) is 0 Å². The lowest BCUT2D eigenvalue weighted by Crippen LogP contribution is -2.28. The number of hydrogen-bond donors (Lipinski definition) is 1. The fourth-order valence-corrected chi connectivity index (χ4v) is 2.26. The van der Waals surface area contributed by atoms with Gasteiger partial charge in [0.25, 0.3) is 0 Å². The fraction of sp³-hybridized carbons (Fsp3) is 0.467. The molecule has 0 aliphatic carbocycles. The Morgan fingerprint density at radius 3 is 2.95 bits per heavy atom. The summed E-state index contributed by atoms with van der Waals surface area (Å²) in [4.78, 5) is 4.51. The Hall–Kier alpha value is -1.88. The van der Waals surface area contributed by atoms with Crippen LogP contribution in [0.25, 0.3) is 0 Å². The molecule has 1 aromatic heterocycles. The molecule has 0 saturated heterocycles. The minimum absolute atomic E-state index is 0.135. The van der Waals surface area contributed by atoms with Crippen LogP contribution in [-0.4, -0.2) is 23.3 Å². The third kappa shape index (κ3) is 2.29. The van der Waals surface area contributed by atoms with Crippen molar-refractivity contribution in [2.75, 3.05) is 13.2 Å². The SMILES string of the molecule is CC(C)(CN)c1nc(C2COc3ccccc3C2)no1. The van der Waals surface area contributed by atoms with E-state index in [0.717, 1.165) is 12.2 Å². The van der Waals surface area contributed by atoms with E-state index in [1.165, 1.54) is 5.56 Å². The summed E-state index contributed by atoms with van der Waals surface area (Å²) in [5.74, 6) is 2.38. The number of nitrogens with two attached hydrogens (primary N) is 1. The van der Waals surface area contributed by atoms with Crippen LogP contribution in [0.2, 0.25) is 0 Å². The van der Waals surface area contributed by atoms with Gasteiger partial charge < -0.3 is 15.0 Å². The van der Waals surface area contributed by atoms with Gasteiger partial charge in [0.1, 0.15) is 5.75 Å². The van der Waals surface area contributed by atoms with Crippen molar-refractivity contribution >= 4 is 0 Å². The molecule has 2 heterocycles. The van der Waals surface area contributed by atoms with Gasteiger partial charge in [-0.05, 0) is 31.9 Å². The molecule has 1 atom stereocenters. The molecule has 2 N–H and O–H groups in total. The highest BCUT2D eigenvalue weighted by Crippen LogP contribution is 2.31. The third-order valence-corrected chi connectivity index (χ3v) is 3.78. The summed E-state index contributed by atoms with van der Waals surface area (Å²) >= 11 is 0. The monoisotopic (exact) mass is 273 g/mol. The first kappa shape index (κ1) is 13.1. The van der Waals surface area contributed by atoms with Crippen molar-refractivity contribution in [2.45, 2.75) is 31.6 Å². The van der Waals surface area contributed by atoms with Gasteiger partial charge in [-0.3, -0.25) is 0 Å². The Morgan fingerprint density at radius 1 is 1.35 bits per heavy atom. The maximum Gasteiger partial charge on any atom is 0.233 e. The quantitative estimate of drug-likeness (QED) is 0.926. The summed E-state index contributed by atoms with van der Waals surface area (Å²) in [7, 11) is 0. The summed E-state index contributed by atoms with van der Waals surface area (Å²) in [6, 6.07) is 8.07. The third-order valence-electron chi connectivity index (χ3n) is 3.78. The predicted octanol–water partition coefficient (Wildman–Crippen LogP) is 2.02. The number of para-hydroxylation sites is 1. The number of rotatable bonds is 3. The van der Waals surface area contributed by atoms with Crippen LogP contribution < -0.4 is 10.5 Å². The Labute approximate surface area is 118 Å². The minimum atomic E-state index is -0.293. The lowest BCUT2D eigenvalue weighted by molar-refractivity contribution is 0.252. The normalized spacial score (nSPS) is 18.4. The summed E-state index contributed by atoms with van der Waals surface area (Å²) in [5, 5.41) is 4.11. The number of ether oxygens (including phenoxy) is 1. The zero-order valence-electron chi connectivity index (χ0n) is 11.8. The van der Waals surface area contributed by atoms with E-state index in [2.05, 4.69) is 16.2 Å². The van der Waals surface area contributed by atoms with Crippen LogP contribution in [0.15, 0.2) is 28.8 Å². The number of benzene rings is 1. The van der Waals surface area contributed by atoms with E-state index >= 15 is 0 Å². The topological polar surface area (TPSA) is 74.2 Å². The van der Waals surface area contributed by atoms with Gasteiger partial charge in [0.15, 0.2) is 5.82 Å². The number of fused-ring (bicyclic) bond motifs is 1. The van der Waals surface area contributed by atoms with Crippen LogP contribution in [-0.2, 0) is 11.8 Å². The lowest BCUT2D eigenvalue weighted by Gasteiger charge is -2.23. The zero-order chi connectivity index (χ0) is 14.2. The largest absolute Gasteiger partial charge is 0.493 e. The summed E-state index contributed by atoms with van der Waals surface area (Å²) < 4.78 is 11.1. The van der Waals surface area contributed by atoms with E-state index in [1.807, 2.05) is 32.0 Å². The van der Waals surface area contributed by atoms with Crippen LogP contribution in [0.3, 0.4) is 0 Å². The Balaban J connectivity index is 1.82. The molecule has 20 heavy (non-hydrogen) atoms. The molecule has 106 valence electrons. The predicted molar refractivity (Wildman–Crippen MR) is 74.8 cm³/mol. The number of hydrogen-bond acceptors (Lipinski definition) is 5. The zero-order valence-corrected chi connectivity index (χ0v) is 11.8. The second-order valence-corrected chi connectivity index (χ2v) is 5.87. The molecule has 1 unspecified atom stereocenters. The van der Waals surface area contributed by atoms with Gasteiger partial charge >= 0.3 is 0 Å². The molecular weight excluding hydrogens is 254 g/mol. The molecule has 0 fully saturated rings. The first-order valence-corrected chi connectivity index (χ1v) is 6.85. The fourth-order valence-electron chi connectivity index (χ4n) is 2.26. The molecule has 1 aliphatic rings. The molecule has 1 aliphatic heterocycles. The highest BCUT2D eigenvalue weighted by Gasteiger charge is 2.30. The Morgan fingerprint density at radius 2 is 2.15 bits per heavy atom. The smallest absolute Gasteiger partial charge is 0.233 e.